The van der Waals surface area contributed by atoms with Crippen LogP contribution in [-0.4, -0.2) is 18.7 Å². The summed E-state index contributed by atoms with van der Waals surface area (Å²) >= 11 is 0. The van der Waals surface area contributed by atoms with Crippen LogP contribution in [0.4, 0.5) is 0 Å². The first kappa shape index (κ1) is 31.6. The van der Waals surface area contributed by atoms with Gasteiger partial charge in [0.1, 0.15) is 0 Å². The van der Waals surface area contributed by atoms with Crippen LogP contribution in [0.2, 0.25) is 0 Å². The van der Waals surface area contributed by atoms with Crippen LogP contribution in [0.3, 0.4) is 0 Å². The predicted molar refractivity (Wildman–Crippen MR) is 238 cm³/mol. The van der Waals surface area contributed by atoms with Gasteiger partial charge in [-0.3, -0.25) is 4.98 Å². The van der Waals surface area contributed by atoms with E-state index in [0.717, 1.165) is 33.5 Å². The molecule has 12 aromatic rings. The normalized spacial score (nSPS) is 11.9. The molecule has 0 aliphatic carbocycles. The number of benzene rings is 8. The lowest BCUT2D eigenvalue weighted by atomic mass is 10.00. The highest BCUT2D eigenvalue weighted by Crippen LogP contribution is 2.43. The molecule has 4 heterocycles. The van der Waals surface area contributed by atoms with Gasteiger partial charge in [-0.2, -0.15) is 0 Å². The fraction of sp³-hybridized carbons (Fsp3) is 0. The van der Waals surface area contributed by atoms with Crippen molar-refractivity contribution in [3.8, 4) is 39.3 Å². The van der Waals surface area contributed by atoms with Crippen molar-refractivity contribution in [3.05, 3.63) is 207 Å². The fourth-order valence-electron chi connectivity index (χ4n) is 9.23. The number of para-hydroxylation sites is 3. The van der Waals surface area contributed by atoms with Gasteiger partial charge in [-0.15, -0.1) is 0 Å². The van der Waals surface area contributed by atoms with Gasteiger partial charge in [0.15, 0.2) is 0 Å². The fourth-order valence-corrected chi connectivity index (χ4v) is 9.23. The van der Waals surface area contributed by atoms with E-state index in [-0.39, 0.29) is 0 Å². The molecule has 0 saturated heterocycles. The maximum atomic E-state index is 4.57. The summed E-state index contributed by atoms with van der Waals surface area (Å²) in [4.78, 5) is 4.57. The number of fused-ring (bicyclic) bond motifs is 10. The minimum Gasteiger partial charge on any atom is -0.309 e. The van der Waals surface area contributed by atoms with E-state index in [4.69, 9.17) is 0 Å². The number of pyridine rings is 1. The average molecular weight is 727 g/mol. The summed E-state index contributed by atoms with van der Waals surface area (Å²) in [5.41, 5.74) is 15.3. The first-order chi connectivity index (χ1) is 28.3. The second kappa shape index (κ2) is 12.4. The summed E-state index contributed by atoms with van der Waals surface area (Å²) < 4.78 is 7.22. The van der Waals surface area contributed by atoms with Gasteiger partial charge < -0.3 is 13.7 Å². The largest absolute Gasteiger partial charge is 0.309 e. The minimum atomic E-state index is 1.12. The molecule has 8 aromatic carbocycles. The topological polar surface area (TPSA) is 27.7 Å². The second-order valence-corrected chi connectivity index (χ2v) is 14.8. The van der Waals surface area contributed by atoms with Crippen LogP contribution in [0.15, 0.2) is 207 Å². The van der Waals surface area contributed by atoms with Crippen molar-refractivity contribution in [1.29, 1.82) is 0 Å². The summed E-state index contributed by atoms with van der Waals surface area (Å²) in [5.74, 6) is 0. The quantitative estimate of drug-likeness (QED) is 0.174. The Morgan fingerprint density at radius 3 is 1.44 bits per heavy atom. The van der Waals surface area contributed by atoms with E-state index in [9.17, 15) is 0 Å². The van der Waals surface area contributed by atoms with Gasteiger partial charge in [-0.1, -0.05) is 121 Å². The average Bonchev–Trinajstić information content (AvgIpc) is 3.92. The van der Waals surface area contributed by atoms with Gasteiger partial charge in [-0.25, -0.2) is 0 Å². The van der Waals surface area contributed by atoms with Crippen LogP contribution in [0.25, 0.3) is 105 Å². The van der Waals surface area contributed by atoms with Crippen LogP contribution < -0.4 is 0 Å². The van der Waals surface area contributed by atoms with E-state index in [0.29, 0.717) is 0 Å². The summed E-state index contributed by atoms with van der Waals surface area (Å²) in [7, 11) is 0. The van der Waals surface area contributed by atoms with E-state index in [2.05, 4.69) is 213 Å². The zero-order valence-corrected chi connectivity index (χ0v) is 30.9. The molecule has 0 bridgehead atoms. The molecule has 57 heavy (non-hydrogen) atoms. The van der Waals surface area contributed by atoms with Gasteiger partial charge in [-0.05, 0) is 95.1 Å². The molecular weight excluding hydrogens is 693 g/mol. The molecule has 12 rings (SSSR count). The molecule has 0 atom stereocenters. The Kier molecular flexibility index (Phi) is 6.89. The molecule has 0 radical (unpaired) electrons. The van der Waals surface area contributed by atoms with Gasteiger partial charge in [0.25, 0.3) is 0 Å². The third-order valence-corrected chi connectivity index (χ3v) is 11.7. The van der Waals surface area contributed by atoms with Crippen molar-refractivity contribution < 1.29 is 0 Å². The third-order valence-electron chi connectivity index (χ3n) is 11.7. The lowest BCUT2D eigenvalue weighted by Crippen LogP contribution is -1.96. The van der Waals surface area contributed by atoms with Crippen LogP contribution in [0.5, 0.6) is 0 Å². The molecular formula is C53H34N4. The van der Waals surface area contributed by atoms with Crippen LogP contribution in [0, 0.1) is 0 Å². The van der Waals surface area contributed by atoms with Gasteiger partial charge >= 0.3 is 0 Å². The zero-order valence-electron chi connectivity index (χ0n) is 30.9. The molecule has 0 saturated carbocycles. The summed E-state index contributed by atoms with van der Waals surface area (Å²) in [5, 5.41) is 7.32. The predicted octanol–water partition coefficient (Wildman–Crippen LogP) is 13.7. The number of aromatic nitrogens is 4. The number of nitrogens with zero attached hydrogens (tertiary/aromatic N) is 4. The molecule has 0 spiro atoms. The SMILES string of the molecule is c1ccc(-c2ccc(-c3cccc(-n4c5ccccc5c5c6c7ccccc7n(-c7ccc8c(c7)c7cnccc7n8-c7ccccc7)c6ccc54)c3)cc2)cc1. The van der Waals surface area contributed by atoms with Crippen LogP contribution >= 0.6 is 0 Å². The van der Waals surface area contributed by atoms with Crippen molar-refractivity contribution in [3.63, 3.8) is 0 Å². The summed E-state index contributed by atoms with van der Waals surface area (Å²) in [6.45, 7) is 0. The number of hydrogen-bond donors (Lipinski definition) is 0. The Balaban J connectivity index is 1.07. The van der Waals surface area contributed by atoms with E-state index < -0.39 is 0 Å². The molecule has 0 fully saturated rings. The Morgan fingerprint density at radius 1 is 0.281 bits per heavy atom. The van der Waals surface area contributed by atoms with Gasteiger partial charge in [0.2, 0.25) is 0 Å². The van der Waals surface area contributed by atoms with Crippen molar-refractivity contribution in [2.75, 3.05) is 0 Å². The standard InChI is InChI=1S/C53H34N4/c1-3-12-35(13-4-1)36-22-24-37(25-23-36)38-14-11-17-40(32-38)56-46-20-9-7-18-42(46)52-50(56)28-29-51-53(52)43-19-8-10-21-47(43)57(51)41-26-27-48-44(33-41)45-34-54-31-30-49(45)55(48)39-15-5-2-6-16-39/h1-34H. The molecule has 0 unspecified atom stereocenters. The zero-order chi connectivity index (χ0) is 37.5. The second-order valence-electron chi connectivity index (χ2n) is 14.8. The van der Waals surface area contributed by atoms with E-state index in [1.54, 1.807) is 0 Å². The first-order valence-corrected chi connectivity index (χ1v) is 19.5. The Labute approximate surface area is 328 Å². The smallest absolute Gasteiger partial charge is 0.0571 e. The van der Waals surface area contributed by atoms with E-state index >= 15 is 0 Å². The molecule has 0 aliphatic rings. The van der Waals surface area contributed by atoms with Crippen molar-refractivity contribution in [2.24, 2.45) is 0 Å². The molecule has 266 valence electrons. The minimum absolute atomic E-state index is 1.12. The highest BCUT2D eigenvalue weighted by Gasteiger charge is 2.21. The summed E-state index contributed by atoms with van der Waals surface area (Å²) in [6, 6.07) is 70.4. The molecule has 4 nitrogen and oxygen atoms in total. The van der Waals surface area contributed by atoms with Gasteiger partial charge in [0, 0.05) is 61.8 Å². The maximum absolute atomic E-state index is 4.57. The first-order valence-electron chi connectivity index (χ1n) is 19.5. The molecule has 0 amide bonds. The van der Waals surface area contributed by atoms with Crippen molar-refractivity contribution >= 4 is 65.4 Å². The van der Waals surface area contributed by atoms with Gasteiger partial charge in [0.05, 0.1) is 33.1 Å². The number of hydrogen-bond acceptors (Lipinski definition) is 1. The Bertz CT molecular complexity index is 3500. The Hall–Kier alpha value is -7.69. The molecule has 0 N–H and O–H groups in total. The molecule has 4 aromatic heterocycles. The molecule has 0 aliphatic heterocycles. The van der Waals surface area contributed by atoms with Crippen LogP contribution in [0.1, 0.15) is 0 Å². The van der Waals surface area contributed by atoms with E-state index in [1.807, 2.05) is 12.4 Å². The Morgan fingerprint density at radius 2 is 0.754 bits per heavy atom. The monoisotopic (exact) mass is 726 g/mol. The third kappa shape index (κ3) is 4.77. The summed E-state index contributed by atoms with van der Waals surface area (Å²) in [6.07, 6.45) is 3.88. The van der Waals surface area contributed by atoms with Crippen molar-refractivity contribution in [2.45, 2.75) is 0 Å². The highest BCUT2D eigenvalue weighted by molar-refractivity contribution is 6.29. The maximum Gasteiger partial charge on any atom is 0.0571 e. The number of rotatable bonds is 5. The lowest BCUT2D eigenvalue weighted by molar-refractivity contribution is 1.16. The highest BCUT2D eigenvalue weighted by atomic mass is 15.0. The lowest BCUT2D eigenvalue weighted by Gasteiger charge is -2.12. The van der Waals surface area contributed by atoms with Crippen LogP contribution in [-0.2, 0) is 0 Å². The van der Waals surface area contributed by atoms with Crippen molar-refractivity contribution in [1.82, 2.24) is 18.7 Å². The molecule has 4 heteroatoms. The van der Waals surface area contributed by atoms with E-state index in [1.165, 1.54) is 71.3 Å².